The lowest BCUT2D eigenvalue weighted by Crippen LogP contribution is -2.54. The molecule has 2 heterocycles. The van der Waals surface area contributed by atoms with Crippen LogP contribution in [0.15, 0.2) is 48.7 Å². The van der Waals surface area contributed by atoms with Crippen LogP contribution >= 0.6 is 11.6 Å². The minimum atomic E-state index is -4.80. The summed E-state index contributed by atoms with van der Waals surface area (Å²) in [5.41, 5.74) is -1.76. The summed E-state index contributed by atoms with van der Waals surface area (Å²) >= 11 is 6.24. The third kappa shape index (κ3) is 8.54. The molecular formula is C27H27ClF6N5O2-. The molecule has 0 spiro atoms. The van der Waals surface area contributed by atoms with E-state index >= 15 is 0 Å². The lowest BCUT2D eigenvalue weighted by atomic mass is 10.0. The summed E-state index contributed by atoms with van der Waals surface area (Å²) in [6.45, 7) is 5.54. The fourth-order valence-corrected chi connectivity index (χ4v) is 4.55. The van der Waals surface area contributed by atoms with Gasteiger partial charge in [-0.25, -0.2) is 14.8 Å². The zero-order valence-corrected chi connectivity index (χ0v) is 22.9. The van der Waals surface area contributed by atoms with Crippen molar-refractivity contribution in [1.29, 1.82) is 0 Å². The van der Waals surface area contributed by atoms with E-state index in [0.29, 0.717) is 46.4 Å². The van der Waals surface area contributed by atoms with Crippen molar-refractivity contribution in [3.05, 3.63) is 81.3 Å². The number of aromatic nitrogens is 2. The summed E-state index contributed by atoms with van der Waals surface area (Å²) in [7, 11) is 1.31. The molecule has 1 aliphatic rings. The summed E-state index contributed by atoms with van der Waals surface area (Å²) in [5.74, 6) is -0.548. The first kappa shape index (κ1) is 32.1. The maximum absolute atomic E-state index is 12.4. The predicted octanol–water partition coefficient (Wildman–Crippen LogP) is 6.91. The van der Waals surface area contributed by atoms with Gasteiger partial charge in [-0.2, -0.15) is 33.4 Å². The molecule has 0 aliphatic carbocycles. The van der Waals surface area contributed by atoms with Crippen LogP contribution in [0.3, 0.4) is 0 Å². The topological polar surface area (TPSA) is 92.5 Å². The minimum Gasteiger partial charge on any atom is -0.661 e. The van der Waals surface area contributed by atoms with Gasteiger partial charge >= 0.3 is 18.3 Å². The van der Waals surface area contributed by atoms with E-state index in [-0.39, 0.29) is 23.7 Å². The van der Waals surface area contributed by atoms with Crippen LogP contribution < -0.4 is 10.2 Å². The van der Waals surface area contributed by atoms with Gasteiger partial charge in [0, 0.05) is 42.0 Å². The number of aromatic carboxylic acids is 1. The molecule has 0 amide bonds. The third-order valence-electron chi connectivity index (χ3n) is 5.96. The van der Waals surface area contributed by atoms with Gasteiger partial charge in [0.1, 0.15) is 5.56 Å². The van der Waals surface area contributed by atoms with Gasteiger partial charge in [-0.15, -0.1) is 6.54 Å². The van der Waals surface area contributed by atoms with Crippen LogP contribution in [0.2, 0.25) is 5.02 Å². The molecule has 0 bridgehead atoms. The van der Waals surface area contributed by atoms with E-state index in [4.69, 9.17) is 11.6 Å². The summed E-state index contributed by atoms with van der Waals surface area (Å²) < 4.78 is 74.3. The van der Waals surface area contributed by atoms with Gasteiger partial charge in [0.05, 0.1) is 16.8 Å². The molecule has 3 aromatic rings. The van der Waals surface area contributed by atoms with E-state index in [1.165, 1.54) is 13.2 Å². The van der Waals surface area contributed by atoms with Crippen molar-refractivity contribution in [1.82, 2.24) is 15.3 Å². The summed E-state index contributed by atoms with van der Waals surface area (Å²) in [6, 6.07) is 9.14. The maximum atomic E-state index is 12.4. The average Bonchev–Trinajstić information content (AvgIpc) is 2.87. The molecular weight excluding hydrogens is 576 g/mol. The fourth-order valence-electron chi connectivity index (χ4n) is 4.32. The fraction of sp³-hybridized carbons (Fsp3) is 0.370. The van der Waals surface area contributed by atoms with Crippen LogP contribution in [-0.2, 0) is 18.9 Å². The Morgan fingerprint density at radius 1 is 1.05 bits per heavy atom. The minimum absolute atomic E-state index is 0.0445. The highest BCUT2D eigenvalue weighted by molar-refractivity contribution is 6.33. The summed E-state index contributed by atoms with van der Waals surface area (Å²) in [5, 5.41) is 16.9. The molecule has 0 unspecified atom stereocenters. The molecule has 1 saturated heterocycles. The normalized spacial score (nSPS) is 17.6. The molecule has 0 radical (unpaired) electrons. The van der Waals surface area contributed by atoms with Crippen molar-refractivity contribution in [2.75, 3.05) is 25.0 Å². The monoisotopic (exact) mass is 602 g/mol. The first-order chi connectivity index (χ1) is 19.1. The standard InChI is InChI=1S/C17H19ClN4O2.C10H8F6N/c1-10-8-22(9-11(2)20-10)17-19-7-13(16(23)24)15(21-17)12-5-3-4-6-14(12)18;1-17-5-6-2-7(9(11,12)13)4-8(3-6)10(14,15)16/h3-7,10-11,20H,8-9H2,1-2H3,(H,23,24);2-4H,5H2,1H3/q;-1/t10-,11+;. The first-order valence-corrected chi connectivity index (χ1v) is 12.7. The quantitative estimate of drug-likeness (QED) is 0.308. The number of hydrogen-bond donors (Lipinski definition) is 2. The van der Waals surface area contributed by atoms with Crippen LogP contribution in [0.4, 0.5) is 32.3 Å². The number of halogens is 7. The molecule has 1 fully saturated rings. The second kappa shape index (κ2) is 13.0. The van der Waals surface area contributed by atoms with Crippen LogP contribution in [-0.4, -0.2) is 53.3 Å². The Bertz CT molecular complexity index is 1330. The van der Waals surface area contributed by atoms with Gasteiger partial charge in [0.25, 0.3) is 0 Å². The third-order valence-corrected chi connectivity index (χ3v) is 6.29. The van der Waals surface area contributed by atoms with E-state index in [2.05, 4.69) is 39.3 Å². The first-order valence-electron chi connectivity index (χ1n) is 12.3. The molecule has 1 aromatic heterocycles. The molecule has 1 aliphatic heterocycles. The SMILES string of the molecule is C[C@@H]1CN(c2ncc(C(=O)O)c(-c3ccccc3Cl)n2)C[C@H](C)N1.C[N-]Cc1cc(C(F)(F)F)cc(C(F)(F)F)c1. The number of alkyl halides is 6. The lowest BCUT2D eigenvalue weighted by molar-refractivity contribution is -0.143. The molecule has 2 N–H and O–H groups in total. The molecule has 14 heteroatoms. The summed E-state index contributed by atoms with van der Waals surface area (Å²) in [6.07, 6.45) is -8.24. The zero-order valence-electron chi connectivity index (χ0n) is 22.2. The molecule has 0 saturated carbocycles. The van der Waals surface area contributed by atoms with Gasteiger partial charge in [-0.05, 0) is 38.1 Å². The highest BCUT2D eigenvalue weighted by atomic mass is 35.5. The highest BCUT2D eigenvalue weighted by Gasteiger charge is 2.36. The smallest absolute Gasteiger partial charge is 0.416 e. The molecule has 4 rings (SSSR count). The Morgan fingerprint density at radius 2 is 1.61 bits per heavy atom. The van der Waals surface area contributed by atoms with Crippen molar-refractivity contribution >= 4 is 23.5 Å². The van der Waals surface area contributed by atoms with E-state index in [1.54, 1.807) is 18.2 Å². The van der Waals surface area contributed by atoms with Crippen LogP contribution in [0, 0.1) is 0 Å². The number of carboxylic acid groups (broad SMARTS) is 1. The number of carbonyl (C=O) groups is 1. The van der Waals surface area contributed by atoms with Gasteiger partial charge < -0.3 is 20.6 Å². The number of benzene rings is 2. The zero-order chi connectivity index (χ0) is 30.5. The number of hydrogen-bond acceptors (Lipinski definition) is 5. The maximum Gasteiger partial charge on any atom is 0.416 e. The van der Waals surface area contributed by atoms with Gasteiger partial charge in [-0.1, -0.05) is 35.4 Å². The van der Waals surface area contributed by atoms with E-state index < -0.39 is 29.4 Å². The number of nitrogens with zero attached hydrogens (tertiary/aromatic N) is 4. The molecule has 2 aromatic carbocycles. The number of piperazine rings is 1. The van der Waals surface area contributed by atoms with Crippen LogP contribution in [0.5, 0.6) is 0 Å². The lowest BCUT2D eigenvalue weighted by Gasteiger charge is -2.36. The van der Waals surface area contributed by atoms with E-state index in [9.17, 15) is 36.2 Å². The van der Waals surface area contributed by atoms with E-state index in [0.717, 1.165) is 13.1 Å². The van der Waals surface area contributed by atoms with Gasteiger partial charge in [-0.3, -0.25) is 0 Å². The average molecular weight is 603 g/mol. The van der Waals surface area contributed by atoms with E-state index in [1.807, 2.05) is 6.07 Å². The van der Waals surface area contributed by atoms with Crippen LogP contribution in [0.1, 0.15) is 40.9 Å². The van der Waals surface area contributed by atoms with Crippen molar-refractivity contribution in [2.45, 2.75) is 44.8 Å². The second-order valence-electron chi connectivity index (χ2n) is 9.48. The van der Waals surface area contributed by atoms with Crippen molar-refractivity contribution in [2.24, 2.45) is 0 Å². The highest BCUT2D eigenvalue weighted by Crippen LogP contribution is 2.36. The molecule has 2 atom stereocenters. The number of rotatable bonds is 5. The molecule has 41 heavy (non-hydrogen) atoms. The Morgan fingerprint density at radius 3 is 2.10 bits per heavy atom. The van der Waals surface area contributed by atoms with Gasteiger partial charge in [0.2, 0.25) is 5.95 Å². The largest absolute Gasteiger partial charge is 0.661 e. The van der Waals surface area contributed by atoms with Crippen molar-refractivity contribution in [3.8, 4) is 11.3 Å². The Balaban J connectivity index is 0.000000241. The Kier molecular flexibility index (Phi) is 10.2. The molecule has 7 nitrogen and oxygen atoms in total. The van der Waals surface area contributed by atoms with Gasteiger partial charge in [0.15, 0.2) is 0 Å². The van der Waals surface area contributed by atoms with Crippen LogP contribution in [0.25, 0.3) is 16.6 Å². The number of anilines is 1. The number of nitrogens with one attached hydrogen (secondary N) is 1. The van der Waals surface area contributed by atoms with Crippen molar-refractivity contribution in [3.63, 3.8) is 0 Å². The molecule has 222 valence electrons. The number of carboxylic acids is 1. The second-order valence-corrected chi connectivity index (χ2v) is 9.89. The Hall–Kier alpha value is -3.42. The van der Waals surface area contributed by atoms with Crippen molar-refractivity contribution < 1.29 is 36.2 Å². The summed E-state index contributed by atoms with van der Waals surface area (Å²) in [4.78, 5) is 22.4. The predicted molar refractivity (Wildman–Crippen MR) is 143 cm³/mol. The Labute approximate surface area is 237 Å².